The van der Waals surface area contributed by atoms with Crippen molar-refractivity contribution in [1.82, 2.24) is 19.9 Å². The van der Waals surface area contributed by atoms with Gasteiger partial charge < -0.3 is 19.6 Å². The molecule has 2 radical (unpaired) electrons. The van der Waals surface area contributed by atoms with Crippen LogP contribution in [0.5, 0.6) is 0 Å². The van der Waals surface area contributed by atoms with Crippen molar-refractivity contribution in [2.75, 3.05) is 25.1 Å². The summed E-state index contributed by atoms with van der Waals surface area (Å²) in [6.07, 6.45) is 4.07. The van der Waals surface area contributed by atoms with Gasteiger partial charge in [-0.25, -0.2) is 14.4 Å². The van der Waals surface area contributed by atoms with E-state index in [0.29, 0.717) is 42.1 Å². The molecule has 2 aromatic heterocycles. The first-order chi connectivity index (χ1) is 27.3. The van der Waals surface area contributed by atoms with E-state index in [4.69, 9.17) is 9.41 Å². The van der Waals surface area contributed by atoms with Crippen LogP contribution in [0, 0.1) is 0 Å². The van der Waals surface area contributed by atoms with Gasteiger partial charge in [0.05, 0.1) is 5.69 Å². The first-order valence-corrected chi connectivity index (χ1v) is 20.2. The molecule has 1 aliphatic rings. The molecule has 290 valence electrons. The molecule has 0 fully saturated rings. The number of nitrogens with zero attached hydrogens (tertiary/aromatic N) is 3. The van der Waals surface area contributed by atoms with Gasteiger partial charge in [-0.1, -0.05) is 133 Å². The van der Waals surface area contributed by atoms with Crippen molar-refractivity contribution in [2.45, 2.75) is 64.0 Å². The number of hydrogen-bond donors (Lipinski definition) is 2. The number of H-pyrrole nitrogens is 1. The van der Waals surface area contributed by atoms with Crippen LogP contribution >= 0.6 is 0 Å². The van der Waals surface area contributed by atoms with Crippen molar-refractivity contribution >= 4 is 43.9 Å². The van der Waals surface area contributed by atoms with E-state index in [-0.39, 0.29) is 26.1 Å². The van der Waals surface area contributed by atoms with E-state index in [1.54, 1.807) is 6.33 Å². The van der Waals surface area contributed by atoms with Gasteiger partial charge in [-0.3, -0.25) is 9.59 Å². The predicted octanol–water partition coefficient (Wildman–Crippen LogP) is 9.91. The minimum absolute atomic E-state index is 0.0549. The van der Waals surface area contributed by atoms with E-state index in [0.717, 1.165) is 44.5 Å². The second kappa shape index (κ2) is 16.0. The highest BCUT2D eigenvalue weighted by Gasteiger charge is 2.43. The number of nitrogens with one attached hydrogen (secondary N) is 2. The van der Waals surface area contributed by atoms with E-state index >= 15 is 0 Å². The van der Waals surface area contributed by atoms with Gasteiger partial charge in [-0.05, 0) is 63.4 Å². The fraction of sp³-hybridized carbons (Fsp3) is 0.277. The molecular weight excluding hydrogens is 730 g/mol. The fourth-order valence-electron chi connectivity index (χ4n) is 7.30. The number of fused-ring (bicyclic) bond motifs is 1. The number of hydrogen-bond acceptors (Lipinski definition) is 5. The first-order valence-electron chi connectivity index (χ1n) is 19.3. The molecule has 1 aliphatic heterocycles. The zero-order valence-corrected chi connectivity index (χ0v) is 34.3. The molecule has 10 heteroatoms. The Hall–Kier alpha value is -5.71. The molecule has 4 aromatic carbocycles. The van der Waals surface area contributed by atoms with Crippen LogP contribution in [0.1, 0.15) is 86.3 Å². The van der Waals surface area contributed by atoms with Gasteiger partial charge in [-0.2, -0.15) is 0 Å². The van der Waals surface area contributed by atoms with Crippen LogP contribution in [0.15, 0.2) is 122 Å². The number of anilines is 1. The molecule has 0 atom stereocenters. The van der Waals surface area contributed by atoms with Gasteiger partial charge in [0.25, 0.3) is 11.8 Å². The van der Waals surface area contributed by atoms with Crippen LogP contribution in [-0.2, 0) is 20.2 Å². The smallest absolute Gasteiger partial charge is 0.255 e. The van der Waals surface area contributed by atoms with Crippen LogP contribution < -0.4 is 5.32 Å². The number of alkyl halides is 1. The molecule has 7 rings (SSSR count). The number of amides is 2. The van der Waals surface area contributed by atoms with Crippen LogP contribution in [-0.4, -0.2) is 61.2 Å². The number of aromatic amines is 1. The third-order valence-corrected chi connectivity index (χ3v) is 11.3. The monoisotopic (exact) mass is 777 g/mol. The molecule has 0 spiro atoms. The standard InChI is InChI=1S/C47H48FN5O3Si/c1-45(2,3)33-22-20-32(21-23-33)44(55)52-38-19-13-18-36(42-37-28-39(51-43(37)50-30-49-42)31-24-26-53(27-25-31)40(54)29-48)41(38)47(56-57-46(4,5)6,34-14-9-7-10-15-34)35-16-11-8-12-17-35/h7-24,28,30H,25-27,29H2,1-6H3,(H,52,55)(H,49,50,51). The summed E-state index contributed by atoms with van der Waals surface area (Å²) in [7, 11) is 0.0549. The van der Waals surface area contributed by atoms with Crippen LogP contribution in [0.4, 0.5) is 10.1 Å². The molecule has 3 heterocycles. The maximum atomic E-state index is 14.3. The number of benzene rings is 4. The molecule has 6 aromatic rings. The zero-order chi connectivity index (χ0) is 40.4. The lowest BCUT2D eigenvalue weighted by Crippen LogP contribution is -2.38. The Kier molecular flexibility index (Phi) is 11.1. The summed E-state index contributed by atoms with van der Waals surface area (Å²) in [6.45, 7) is 12.7. The Morgan fingerprint density at radius 2 is 1.51 bits per heavy atom. The molecule has 8 nitrogen and oxygen atoms in total. The van der Waals surface area contributed by atoms with Crippen LogP contribution in [0.3, 0.4) is 0 Å². The lowest BCUT2D eigenvalue weighted by atomic mass is 9.76. The predicted molar refractivity (Wildman–Crippen MR) is 227 cm³/mol. The summed E-state index contributed by atoms with van der Waals surface area (Å²) in [5.41, 5.74) is 7.44. The Labute approximate surface area is 336 Å². The Morgan fingerprint density at radius 3 is 2.09 bits per heavy atom. The third kappa shape index (κ3) is 8.24. The third-order valence-electron chi connectivity index (χ3n) is 10.3. The SMILES string of the molecule is CC(C)(C)[Si]OC(c1ccccc1)(c1ccccc1)c1c(NC(=O)c2ccc(C(C)(C)C)cc2)cccc1-c1ncnc2[nH]c(C3=CCN(C(=O)CF)CC3)cc12. The average Bonchev–Trinajstić information content (AvgIpc) is 3.66. The summed E-state index contributed by atoms with van der Waals surface area (Å²) < 4.78 is 20.6. The molecule has 57 heavy (non-hydrogen) atoms. The lowest BCUT2D eigenvalue weighted by molar-refractivity contribution is -0.131. The number of carbonyl (C=O) groups excluding carboxylic acids is 2. The summed E-state index contributed by atoms with van der Waals surface area (Å²) in [4.78, 5) is 41.0. The van der Waals surface area contributed by atoms with E-state index in [1.165, 1.54) is 4.90 Å². The Balaban J connectivity index is 1.47. The normalized spacial score (nSPS) is 13.7. The quantitative estimate of drug-likeness (QED) is 0.107. The van der Waals surface area contributed by atoms with Crippen molar-refractivity contribution in [2.24, 2.45) is 0 Å². The molecule has 2 amide bonds. The maximum absolute atomic E-state index is 14.3. The van der Waals surface area contributed by atoms with E-state index in [9.17, 15) is 14.0 Å². The topological polar surface area (TPSA) is 100 Å². The molecule has 0 bridgehead atoms. The molecule has 0 saturated heterocycles. The minimum Gasteiger partial charge on any atom is -0.400 e. The van der Waals surface area contributed by atoms with Crippen molar-refractivity contribution in [3.8, 4) is 11.3 Å². The van der Waals surface area contributed by atoms with Gasteiger partial charge in [-0.15, -0.1) is 0 Å². The summed E-state index contributed by atoms with van der Waals surface area (Å²) in [5.74, 6) is -0.755. The van der Waals surface area contributed by atoms with Gasteiger partial charge in [0.1, 0.15) is 17.6 Å². The highest BCUT2D eigenvalue weighted by Crippen LogP contribution is 2.49. The highest BCUT2D eigenvalue weighted by molar-refractivity contribution is 6.32. The molecule has 0 unspecified atom stereocenters. The van der Waals surface area contributed by atoms with Crippen LogP contribution in [0.25, 0.3) is 27.9 Å². The molecular formula is C47H48FN5O3Si. The Bertz CT molecular complexity index is 2380. The van der Waals surface area contributed by atoms with Crippen molar-refractivity contribution < 1.29 is 18.4 Å². The van der Waals surface area contributed by atoms with Gasteiger partial charge in [0.2, 0.25) is 9.76 Å². The minimum atomic E-state index is -1.21. The Morgan fingerprint density at radius 1 is 0.842 bits per heavy atom. The van der Waals surface area contributed by atoms with E-state index in [1.807, 2.05) is 91.0 Å². The highest BCUT2D eigenvalue weighted by atomic mass is 28.2. The molecule has 2 N–H and O–H groups in total. The lowest BCUT2D eigenvalue weighted by Gasteiger charge is -2.40. The first kappa shape index (κ1) is 39.5. The van der Waals surface area contributed by atoms with Gasteiger partial charge in [0.15, 0.2) is 6.67 Å². The number of carbonyl (C=O) groups is 2. The average molecular weight is 778 g/mol. The summed E-state index contributed by atoms with van der Waals surface area (Å²) in [5, 5.41) is 3.91. The van der Waals surface area contributed by atoms with E-state index in [2.05, 4.69) is 81.1 Å². The van der Waals surface area contributed by atoms with Gasteiger partial charge in [0, 0.05) is 46.5 Å². The van der Waals surface area contributed by atoms with Gasteiger partial charge >= 0.3 is 0 Å². The fourth-order valence-corrected chi connectivity index (χ4v) is 8.10. The number of halogens is 1. The zero-order valence-electron chi connectivity index (χ0n) is 33.3. The molecule has 0 saturated carbocycles. The second-order valence-electron chi connectivity index (χ2n) is 16.5. The van der Waals surface area contributed by atoms with Crippen molar-refractivity contribution in [3.63, 3.8) is 0 Å². The summed E-state index contributed by atoms with van der Waals surface area (Å²) in [6, 6.07) is 36.0. The maximum Gasteiger partial charge on any atom is 0.255 e. The van der Waals surface area contributed by atoms with Crippen molar-refractivity contribution in [1.29, 1.82) is 0 Å². The largest absolute Gasteiger partial charge is 0.400 e. The van der Waals surface area contributed by atoms with E-state index < -0.39 is 18.2 Å². The van der Waals surface area contributed by atoms with Crippen LogP contribution in [0.2, 0.25) is 5.04 Å². The number of aromatic nitrogens is 3. The number of rotatable bonds is 10. The summed E-state index contributed by atoms with van der Waals surface area (Å²) >= 11 is 0. The van der Waals surface area contributed by atoms with Crippen molar-refractivity contribution in [3.05, 3.63) is 155 Å². The molecule has 0 aliphatic carbocycles. The second-order valence-corrected chi connectivity index (χ2v) is 18.4.